The fourth-order valence-electron chi connectivity index (χ4n) is 1.96. The molecular weight excluding hydrogens is 150 g/mol. The van der Waals surface area contributed by atoms with Crippen molar-refractivity contribution in [3.8, 4) is 0 Å². The minimum atomic E-state index is -0.252. The van der Waals surface area contributed by atoms with Gasteiger partial charge in [-0.2, -0.15) is 0 Å². The minimum Gasteiger partial charge on any atom is -0.379 e. The predicted molar refractivity (Wildman–Crippen MR) is 50.8 cm³/mol. The van der Waals surface area contributed by atoms with Crippen LogP contribution >= 0.6 is 0 Å². The van der Waals surface area contributed by atoms with Crippen LogP contribution in [0.5, 0.6) is 0 Å². The van der Waals surface area contributed by atoms with E-state index in [9.17, 15) is 5.11 Å². The van der Waals surface area contributed by atoms with E-state index in [4.69, 9.17) is 0 Å². The minimum absolute atomic E-state index is 0.252. The summed E-state index contributed by atoms with van der Waals surface area (Å²) in [6.07, 6.45) is 2.25. The van der Waals surface area contributed by atoms with Crippen molar-refractivity contribution in [1.82, 2.24) is 4.90 Å². The smallest absolute Gasteiger partial charge is 0.104 e. The van der Waals surface area contributed by atoms with Crippen LogP contribution in [0.4, 0.5) is 0 Å². The van der Waals surface area contributed by atoms with Crippen molar-refractivity contribution in [3.05, 3.63) is 0 Å². The summed E-state index contributed by atoms with van der Waals surface area (Å²) in [5.74, 6) is 1.68. The summed E-state index contributed by atoms with van der Waals surface area (Å²) in [7, 11) is 0. The van der Waals surface area contributed by atoms with Gasteiger partial charge in [-0.3, -0.25) is 4.90 Å². The van der Waals surface area contributed by atoms with Crippen LogP contribution in [0, 0.1) is 11.8 Å². The van der Waals surface area contributed by atoms with E-state index in [0.29, 0.717) is 0 Å². The molecule has 2 nitrogen and oxygen atoms in total. The number of rotatable bonds is 2. The highest BCUT2D eigenvalue weighted by Gasteiger charge is 2.23. The van der Waals surface area contributed by atoms with Crippen LogP contribution < -0.4 is 0 Å². The molecule has 1 aliphatic heterocycles. The summed E-state index contributed by atoms with van der Waals surface area (Å²) < 4.78 is 0. The molecule has 2 heteroatoms. The first-order valence-electron chi connectivity index (χ1n) is 5.03. The summed E-state index contributed by atoms with van der Waals surface area (Å²) in [4.78, 5) is 2.15. The molecule has 0 aromatic carbocycles. The molecule has 0 saturated carbocycles. The van der Waals surface area contributed by atoms with Crippen molar-refractivity contribution < 1.29 is 5.11 Å². The molecule has 1 unspecified atom stereocenters. The van der Waals surface area contributed by atoms with Gasteiger partial charge in [-0.15, -0.1) is 0 Å². The third-order valence-corrected chi connectivity index (χ3v) is 3.05. The lowest BCUT2D eigenvalue weighted by atomic mass is 9.87. The topological polar surface area (TPSA) is 23.5 Å². The largest absolute Gasteiger partial charge is 0.379 e. The summed E-state index contributed by atoms with van der Waals surface area (Å²) in [5.41, 5.74) is 0. The monoisotopic (exact) mass is 171 g/mol. The van der Waals surface area contributed by atoms with Gasteiger partial charge < -0.3 is 5.11 Å². The highest BCUT2D eigenvalue weighted by atomic mass is 16.3. The second kappa shape index (κ2) is 4.24. The maximum atomic E-state index is 9.33. The average Bonchev–Trinajstić information content (AvgIpc) is 2.04. The van der Waals surface area contributed by atoms with E-state index in [0.717, 1.165) is 24.9 Å². The van der Waals surface area contributed by atoms with Gasteiger partial charge in [-0.25, -0.2) is 0 Å². The van der Waals surface area contributed by atoms with Crippen molar-refractivity contribution in [2.75, 3.05) is 13.1 Å². The number of piperidine rings is 1. The number of likely N-dealkylation sites (tertiary alicyclic amines) is 1. The number of nitrogens with zero attached hydrogens (tertiary/aromatic N) is 1. The van der Waals surface area contributed by atoms with E-state index in [1.807, 2.05) is 6.92 Å². The zero-order chi connectivity index (χ0) is 9.14. The summed E-state index contributed by atoms with van der Waals surface area (Å²) in [5, 5.41) is 9.33. The Morgan fingerprint density at radius 2 is 1.67 bits per heavy atom. The second-order valence-electron chi connectivity index (χ2n) is 4.25. The van der Waals surface area contributed by atoms with Crippen molar-refractivity contribution >= 4 is 0 Å². The Balaban J connectivity index is 2.30. The molecule has 1 fully saturated rings. The number of hydrogen-bond donors (Lipinski definition) is 1. The summed E-state index contributed by atoms with van der Waals surface area (Å²) in [6, 6.07) is 0. The predicted octanol–water partition coefficient (Wildman–Crippen LogP) is 1.69. The van der Waals surface area contributed by atoms with E-state index in [1.54, 1.807) is 0 Å². The quantitative estimate of drug-likeness (QED) is 0.683. The Labute approximate surface area is 75.6 Å². The van der Waals surface area contributed by atoms with Gasteiger partial charge in [0.1, 0.15) is 6.23 Å². The fourth-order valence-corrected chi connectivity index (χ4v) is 1.96. The summed E-state index contributed by atoms with van der Waals surface area (Å²) in [6.45, 7) is 8.59. The van der Waals surface area contributed by atoms with Crippen molar-refractivity contribution in [2.45, 2.75) is 39.8 Å². The van der Waals surface area contributed by atoms with Gasteiger partial charge >= 0.3 is 0 Å². The van der Waals surface area contributed by atoms with Crippen LogP contribution in [0.1, 0.15) is 33.6 Å². The van der Waals surface area contributed by atoms with Gasteiger partial charge in [0.05, 0.1) is 0 Å². The Morgan fingerprint density at radius 1 is 1.17 bits per heavy atom. The van der Waals surface area contributed by atoms with Crippen LogP contribution in [0.3, 0.4) is 0 Å². The van der Waals surface area contributed by atoms with Crippen LogP contribution in [0.25, 0.3) is 0 Å². The molecule has 1 atom stereocenters. The standard InChI is InChI=1S/C10H21NO/c1-8(2)10-4-6-11(7-5-10)9(3)12/h8-10,12H,4-7H2,1-3H3. The number of aliphatic hydroxyl groups excluding tert-OH is 1. The lowest BCUT2D eigenvalue weighted by Crippen LogP contribution is -2.40. The third kappa shape index (κ3) is 2.46. The molecule has 0 aromatic heterocycles. The average molecular weight is 171 g/mol. The van der Waals surface area contributed by atoms with Crippen LogP contribution in [-0.2, 0) is 0 Å². The van der Waals surface area contributed by atoms with Crippen LogP contribution in [-0.4, -0.2) is 29.3 Å². The highest BCUT2D eigenvalue weighted by Crippen LogP contribution is 2.24. The second-order valence-corrected chi connectivity index (χ2v) is 4.25. The van der Waals surface area contributed by atoms with E-state index < -0.39 is 0 Å². The molecule has 1 aliphatic rings. The molecule has 1 heterocycles. The lowest BCUT2D eigenvalue weighted by Gasteiger charge is -2.35. The van der Waals surface area contributed by atoms with Crippen LogP contribution in [0.15, 0.2) is 0 Å². The van der Waals surface area contributed by atoms with Crippen molar-refractivity contribution in [2.24, 2.45) is 11.8 Å². The van der Waals surface area contributed by atoms with Gasteiger partial charge in [-0.1, -0.05) is 13.8 Å². The van der Waals surface area contributed by atoms with Gasteiger partial charge in [0.25, 0.3) is 0 Å². The molecule has 0 amide bonds. The molecule has 12 heavy (non-hydrogen) atoms. The van der Waals surface area contributed by atoms with Crippen LogP contribution in [0.2, 0.25) is 0 Å². The van der Waals surface area contributed by atoms with Crippen molar-refractivity contribution in [1.29, 1.82) is 0 Å². The van der Waals surface area contributed by atoms with Gasteiger partial charge in [0, 0.05) is 13.1 Å². The molecule has 0 aromatic rings. The fraction of sp³-hybridized carbons (Fsp3) is 1.00. The number of hydrogen-bond acceptors (Lipinski definition) is 2. The van der Waals surface area contributed by atoms with E-state index in [2.05, 4.69) is 18.7 Å². The third-order valence-electron chi connectivity index (χ3n) is 3.05. The molecule has 0 aliphatic carbocycles. The van der Waals surface area contributed by atoms with E-state index in [-0.39, 0.29) is 6.23 Å². The molecule has 1 saturated heterocycles. The van der Waals surface area contributed by atoms with Gasteiger partial charge in [-0.05, 0) is 31.6 Å². The molecule has 1 rings (SSSR count). The Hall–Kier alpha value is -0.0800. The Kier molecular flexibility index (Phi) is 3.53. The van der Waals surface area contributed by atoms with Crippen molar-refractivity contribution in [3.63, 3.8) is 0 Å². The highest BCUT2D eigenvalue weighted by molar-refractivity contribution is 4.74. The lowest BCUT2D eigenvalue weighted by molar-refractivity contribution is -0.00781. The zero-order valence-electron chi connectivity index (χ0n) is 8.45. The van der Waals surface area contributed by atoms with Gasteiger partial charge in [0.2, 0.25) is 0 Å². The first-order valence-corrected chi connectivity index (χ1v) is 5.03. The first kappa shape index (κ1) is 10.0. The Morgan fingerprint density at radius 3 is 2.00 bits per heavy atom. The number of aliphatic hydroxyl groups is 1. The first-order chi connectivity index (χ1) is 5.61. The molecular formula is C10H21NO. The normalized spacial score (nSPS) is 24.8. The molecule has 0 bridgehead atoms. The van der Waals surface area contributed by atoms with Gasteiger partial charge in [0.15, 0.2) is 0 Å². The maximum Gasteiger partial charge on any atom is 0.104 e. The zero-order valence-corrected chi connectivity index (χ0v) is 8.45. The molecule has 0 radical (unpaired) electrons. The summed E-state index contributed by atoms with van der Waals surface area (Å²) >= 11 is 0. The maximum absolute atomic E-state index is 9.33. The SMILES string of the molecule is CC(C)C1CCN(C(C)O)CC1. The Bertz CT molecular complexity index is 110. The molecule has 72 valence electrons. The molecule has 1 N–H and O–H groups in total. The van der Waals surface area contributed by atoms with E-state index in [1.165, 1.54) is 12.8 Å². The van der Waals surface area contributed by atoms with E-state index >= 15 is 0 Å². The molecule has 0 spiro atoms.